The van der Waals surface area contributed by atoms with Gasteiger partial charge in [0.15, 0.2) is 0 Å². The largest absolute Gasteiger partial charge is 0.514 e. The van der Waals surface area contributed by atoms with Gasteiger partial charge in [-0.05, 0) is 39.8 Å². The van der Waals surface area contributed by atoms with E-state index in [0.29, 0.717) is 0 Å². The van der Waals surface area contributed by atoms with Gasteiger partial charge in [-0.1, -0.05) is 0 Å². The zero-order chi connectivity index (χ0) is 18.3. The minimum Gasteiger partial charge on any atom is -0.444 e. The Hall–Kier alpha value is -2.84. The number of hydrogen-bond acceptors (Lipinski definition) is 7. The third-order valence-electron chi connectivity index (χ3n) is 2.48. The number of carbonyl (C=O) groups excluding carboxylic acids is 2. The fraction of sp³-hybridized carbons (Fsp3) is 0.467. The van der Waals surface area contributed by atoms with Crippen molar-refractivity contribution in [1.82, 2.24) is 5.32 Å². The maximum Gasteiger partial charge on any atom is 0.514 e. The van der Waals surface area contributed by atoms with Gasteiger partial charge >= 0.3 is 12.2 Å². The van der Waals surface area contributed by atoms with Crippen molar-refractivity contribution in [2.45, 2.75) is 39.4 Å². The minimum absolute atomic E-state index is 0.0459. The first-order valence-electron chi connectivity index (χ1n) is 7.16. The molecule has 1 amide bonds. The van der Waals surface area contributed by atoms with Crippen LogP contribution >= 0.6 is 0 Å². The average Bonchev–Trinajstić information content (AvgIpc) is 2.43. The van der Waals surface area contributed by atoms with Crippen molar-refractivity contribution in [3.05, 3.63) is 34.4 Å². The van der Waals surface area contributed by atoms with E-state index in [-0.39, 0.29) is 18.0 Å². The van der Waals surface area contributed by atoms with Crippen LogP contribution in [0.15, 0.2) is 24.3 Å². The summed E-state index contributed by atoms with van der Waals surface area (Å²) in [5.74, 6) is 0.109. The molecule has 132 valence electrons. The third-order valence-corrected chi connectivity index (χ3v) is 2.48. The Bertz CT molecular complexity index is 593. The molecule has 0 aromatic heterocycles. The Balaban J connectivity index is 2.38. The molecule has 9 nitrogen and oxygen atoms in total. The van der Waals surface area contributed by atoms with E-state index in [1.54, 1.807) is 27.7 Å². The molecule has 0 radical (unpaired) electrons. The van der Waals surface area contributed by atoms with Gasteiger partial charge in [-0.2, -0.15) is 0 Å². The van der Waals surface area contributed by atoms with Crippen LogP contribution in [0.4, 0.5) is 15.3 Å². The minimum atomic E-state index is -0.984. The Morgan fingerprint density at radius 1 is 1.25 bits per heavy atom. The van der Waals surface area contributed by atoms with Crippen LogP contribution in [0.3, 0.4) is 0 Å². The van der Waals surface area contributed by atoms with Crippen LogP contribution in [0.5, 0.6) is 5.75 Å². The predicted octanol–water partition coefficient (Wildman–Crippen LogP) is 3.02. The zero-order valence-electron chi connectivity index (χ0n) is 13.9. The number of nitro groups is 1. The second-order valence-electron chi connectivity index (χ2n) is 5.91. The van der Waals surface area contributed by atoms with Crippen molar-refractivity contribution >= 4 is 17.9 Å². The molecule has 0 aliphatic heterocycles. The maximum atomic E-state index is 11.6. The number of rotatable bonds is 5. The number of non-ortho nitro benzene ring substituents is 1. The first kappa shape index (κ1) is 19.2. The number of nitro benzene ring substituents is 1. The summed E-state index contributed by atoms with van der Waals surface area (Å²) in [5.41, 5.74) is -0.742. The summed E-state index contributed by atoms with van der Waals surface area (Å²) in [4.78, 5) is 33.0. The first-order valence-corrected chi connectivity index (χ1v) is 7.16. The molecule has 0 bridgehead atoms. The molecule has 0 saturated heterocycles. The Labute approximate surface area is 139 Å². The molecular weight excluding hydrogens is 320 g/mol. The van der Waals surface area contributed by atoms with Crippen LogP contribution in [0.25, 0.3) is 0 Å². The second kappa shape index (κ2) is 8.14. The molecule has 1 aromatic carbocycles. The van der Waals surface area contributed by atoms with Gasteiger partial charge in [0.05, 0.1) is 11.5 Å². The molecule has 1 unspecified atom stereocenters. The van der Waals surface area contributed by atoms with E-state index in [9.17, 15) is 19.7 Å². The molecule has 9 heteroatoms. The number of ether oxygens (including phenoxy) is 3. The van der Waals surface area contributed by atoms with E-state index in [4.69, 9.17) is 14.2 Å². The molecular formula is C15H20N2O7. The van der Waals surface area contributed by atoms with Crippen LogP contribution in [-0.2, 0) is 9.47 Å². The summed E-state index contributed by atoms with van der Waals surface area (Å²) >= 11 is 0. The standard InChI is InChI=1S/C15H20N2O7/c1-10(9-16-13(18)24-15(2,3)4)22-14(19)23-12-7-5-11(6-8-12)17(20)21/h5-8,10H,9H2,1-4H3,(H,16,18). The summed E-state index contributed by atoms with van der Waals surface area (Å²) in [6, 6.07) is 4.97. The maximum absolute atomic E-state index is 11.6. The highest BCUT2D eigenvalue weighted by Gasteiger charge is 2.18. The molecule has 24 heavy (non-hydrogen) atoms. The van der Waals surface area contributed by atoms with Crippen LogP contribution in [-0.4, -0.2) is 35.4 Å². The van der Waals surface area contributed by atoms with Gasteiger partial charge in [-0.25, -0.2) is 9.59 Å². The van der Waals surface area contributed by atoms with Crippen molar-refractivity contribution in [1.29, 1.82) is 0 Å². The van der Waals surface area contributed by atoms with Crippen LogP contribution < -0.4 is 10.1 Å². The fourth-order valence-corrected chi connectivity index (χ4v) is 1.50. The topological polar surface area (TPSA) is 117 Å². The Kier molecular flexibility index (Phi) is 6.51. The molecule has 1 N–H and O–H groups in total. The summed E-state index contributed by atoms with van der Waals surface area (Å²) in [6.07, 6.45) is -2.26. The Morgan fingerprint density at radius 3 is 2.33 bits per heavy atom. The molecule has 0 spiro atoms. The molecule has 0 saturated carbocycles. The number of nitrogens with one attached hydrogen (secondary N) is 1. The number of hydrogen-bond donors (Lipinski definition) is 1. The molecule has 0 fully saturated rings. The quantitative estimate of drug-likeness (QED) is 0.379. The third kappa shape index (κ3) is 7.43. The molecule has 1 aromatic rings. The van der Waals surface area contributed by atoms with Crippen molar-refractivity contribution in [2.24, 2.45) is 0 Å². The first-order chi connectivity index (χ1) is 11.1. The molecule has 0 aliphatic rings. The fourth-order valence-electron chi connectivity index (χ4n) is 1.50. The number of carbonyl (C=O) groups is 2. The Morgan fingerprint density at radius 2 is 1.83 bits per heavy atom. The predicted molar refractivity (Wildman–Crippen MR) is 83.9 cm³/mol. The van der Waals surface area contributed by atoms with Crippen molar-refractivity contribution in [3.8, 4) is 5.75 Å². The molecule has 1 rings (SSSR count). The lowest BCUT2D eigenvalue weighted by molar-refractivity contribution is -0.384. The average molecular weight is 340 g/mol. The summed E-state index contributed by atoms with van der Waals surface area (Å²) in [5, 5.41) is 13.0. The van der Waals surface area contributed by atoms with Gasteiger partial charge in [-0.15, -0.1) is 0 Å². The van der Waals surface area contributed by atoms with Crippen LogP contribution in [0, 0.1) is 10.1 Å². The smallest absolute Gasteiger partial charge is 0.444 e. The number of amides is 1. The van der Waals surface area contributed by atoms with E-state index < -0.39 is 28.9 Å². The van der Waals surface area contributed by atoms with Crippen LogP contribution in [0.1, 0.15) is 27.7 Å². The highest BCUT2D eigenvalue weighted by atomic mass is 16.7. The van der Waals surface area contributed by atoms with Gasteiger partial charge in [0, 0.05) is 12.1 Å². The molecule has 1 atom stereocenters. The van der Waals surface area contributed by atoms with Crippen LogP contribution in [0.2, 0.25) is 0 Å². The lowest BCUT2D eigenvalue weighted by Gasteiger charge is -2.20. The molecule has 0 aliphatic carbocycles. The highest BCUT2D eigenvalue weighted by Crippen LogP contribution is 2.17. The summed E-state index contributed by atoms with van der Waals surface area (Å²) < 4.78 is 14.9. The van der Waals surface area contributed by atoms with E-state index in [1.807, 2.05) is 0 Å². The second-order valence-corrected chi connectivity index (χ2v) is 5.91. The van der Waals surface area contributed by atoms with Crippen molar-refractivity contribution in [3.63, 3.8) is 0 Å². The summed E-state index contributed by atoms with van der Waals surface area (Å²) in [6.45, 7) is 6.80. The van der Waals surface area contributed by atoms with Gasteiger partial charge in [0.1, 0.15) is 17.5 Å². The van der Waals surface area contributed by atoms with Crippen molar-refractivity contribution < 1.29 is 28.7 Å². The molecule has 0 heterocycles. The van der Waals surface area contributed by atoms with Gasteiger partial charge < -0.3 is 19.5 Å². The van der Waals surface area contributed by atoms with Gasteiger partial charge in [0.2, 0.25) is 0 Å². The highest BCUT2D eigenvalue weighted by molar-refractivity contribution is 5.68. The van der Waals surface area contributed by atoms with Gasteiger partial charge in [-0.3, -0.25) is 10.1 Å². The van der Waals surface area contributed by atoms with Gasteiger partial charge in [0.25, 0.3) is 5.69 Å². The van der Waals surface area contributed by atoms with E-state index in [2.05, 4.69) is 5.32 Å². The summed E-state index contributed by atoms with van der Waals surface area (Å²) in [7, 11) is 0. The number of nitrogens with zero attached hydrogens (tertiary/aromatic N) is 1. The normalized spacial score (nSPS) is 12.0. The van der Waals surface area contributed by atoms with E-state index in [0.717, 1.165) is 0 Å². The van der Waals surface area contributed by atoms with Crippen molar-refractivity contribution in [2.75, 3.05) is 6.54 Å². The lowest BCUT2D eigenvalue weighted by atomic mass is 10.2. The zero-order valence-corrected chi connectivity index (χ0v) is 13.9. The number of benzene rings is 1. The number of alkyl carbamates (subject to hydrolysis) is 1. The van der Waals surface area contributed by atoms with E-state index in [1.165, 1.54) is 24.3 Å². The monoisotopic (exact) mass is 340 g/mol. The SMILES string of the molecule is CC(CNC(=O)OC(C)(C)C)OC(=O)Oc1ccc([N+](=O)[O-])cc1. The van der Waals surface area contributed by atoms with E-state index >= 15 is 0 Å². The lowest BCUT2D eigenvalue weighted by Crippen LogP contribution is -2.37.